The molecule has 0 fully saturated rings. The third kappa shape index (κ3) is 2.33. The molecule has 1 aromatic carbocycles. The molecule has 19 heavy (non-hydrogen) atoms. The molecule has 0 aliphatic heterocycles. The van der Waals surface area contributed by atoms with E-state index in [-0.39, 0.29) is 0 Å². The SMILES string of the molecule is CNc1cccc(Oc2cccc3ncccc23)n1. The summed E-state index contributed by atoms with van der Waals surface area (Å²) in [4.78, 5) is 8.64. The molecule has 0 atom stereocenters. The Kier molecular flexibility index (Phi) is 2.98. The van der Waals surface area contributed by atoms with Crippen LogP contribution in [0.25, 0.3) is 10.9 Å². The average molecular weight is 251 g/mol. The van der Waals surface area contributed by atoms with Crippen LogP contribution in [0.5, 0.6) is 11.6 Å². The van der Waals surface area contributed by atoms with Crippen LogP contribution in [0.15, 0.2) is 54.7 Å². The van der Waals surface area contributed by atoms with E-state index >= 15 is 0 Å². The Labute approximate surface area is 111 Å². The summed E-state index contributed by atoms with van der Waals surface area (Å²) >= 11 is 0. The summed E-state index contributed by atoms with van der Waals surface area (Å²) in [5.41, 5.74) is 0.907. The minimum absolute atomic E-state index is 0.559. The molecule has 4 heteroatoms. The summed E-state index contributed by atoms with van der Waals surface area (Å²) in [6, 6.07) is 15.3. The minimum Gasteiger partial charge on any atom is -0.438 e. The second-order valence-corrected chi connectivity index (χ2v) is 4.04. The quantitative estimate of drug-likeness (QED) is 0.774. The van der Waals surface area contributed by atoms with Gasteiger partial charge in [-0.1, -0.05) is 12.1 Å². The van der Waals surface area contributed by atoms with Crippen molar-refractivity contribution < 1.29 is 4.74 Å². The molecule has 3 rings (SSSR count). The number of hydrogen-bond acceptors (Lipinski definition) is 4. The molecule has 1 N–H and O–H groups in total. The van der Waals surface area contributed by atoms with Crippen LogP contribution in [0.1, 0.15) is 0 Å². The fourth-order valence-electron chi connectivity index (χ4n) is 1.89. The molecule has 0 aliphatic carbocycles. The Balaban J connectivity index is 2.01. The zero-order valence-electron chi connectivity index (χ0n) is 10.5. The normalized spacial score (nSPS) is 10.4. The monoisotopic (exact) mass is 251 g/mol. The number of nitrogens with one attached hydrogen (secondary N) is 1. The average Bonchev–Trinajstić information content (AvgIpc) is 2.48. The molecular weight excluding hydrogens is 238 g/mol. The highest BCUT2D eigenvalue weighted by atomic mass is 16.5. The molecule has 0 radical (unpaired) electrons. The fourth-order valence-corrected chi connectivity index (χ4v) is 1.89. The van der Waals surface area contributed by atoms with Crippen LogP contribution in [0.2, 0.25) is 0 Å². The third-order valence-electron chi connectivity index (χ3n) is 2.80. The highest BCUT2D eigenvalue weighted by Crippen LogP contribution is 2.28. The lowest BCUT2D eigenvalue weighted by Gasteiger charge is -2.08. The van der Waals surface area contributed by atoms with Crippen molar-refractivity contribution >= 4 is 16.7 Å². The number of benzene rings is 1. The first-order valence-electron chi connectivity index (χ1n) is 6.03. The first-order chi connectivity index (χ1) is 9.36. The van der Waals surface area contributed by atoms with Crippen molar-refractivity contribution in [1.29, 1.82) is 0 Å². The largest absolute Gasteiger partial charge is 0.438 e. The maximum atomic E-state index is 5.84. The van der Waals surface area contributed by atoms with E-state index in [0.717, 1.165) is 22.5 Å². The Morgan fingerprint density at radius 3 is 2.79 bits per heavy atom. The van der Waals surface area contributed by atoms with Crippen LogP contribution in [0, 0.1) is 0 Å². The van der Waals surface area contributed by atoms with Crippen molar-refractivity contribution in [2.24, 2.45) is 0 Å². The number of ether oxygens (including phenoxy) is 1. The minimum atomic E-state index is 0.559. The smallest absolute Gasteiger partial charge is 0.221 e. The van der Waals surface area contributed by atoms with Gasteiger partial charge in [0.25, 0.3) is 0 Å². The van der Waals surface area contributed by atoms with Gasteiger partial charge in [0.2, 0.25) is 5.88 Å². The molecular formula is C15H13N3O. The van der Waals surface area contributed by atoms with Crippen LogP contribution in [0.4, 0.5) is 5.82 Å². The van der Waals surface area contributed by atoms with Crippen LogP contribution >= 0.6 is 0 Å². The lowest BCUT2D eigenvalue weighted by molar-refractivity contribution is 0.469. The van der Waals surface area contributed by atoms with Gasteiger partial charge in [-0.15, -0.1) is 0 Å². The number of pyridine rings is 2. The fraction of sp³-hybridized carbons (Fsp3) is 0.0667. The number of fused-ring (bicyclic) bond motifs is 1. The van der Waals surface area contributed by atoms with Crippen molar-refractivity contribution in [3.63, 3.8) is 0 Å². The van der Waals surface area contributed by atoms with E-state index in [1.165, 1.54) is 0 Å². The third-order valence-corrected chi connectivity index (χ3v) is 2.80. The molecule has 0 spiro atoms. The van der Waals surface area contributed by atoms with Crippen LogP contribution in [-0.4, -0.2) is 17.0 Å². The molecule has 0 amide bonds. The van der Waals surface area contributed by atoms with Gasteiger partial charge in [0, 0.05) is 24.7 Å². The van der Waals surface area contributed by atoms with Crippen molar-refractivity contribution in [2.45, 2.75) is 0 Å². The maximum Gasteiger partial charge on any atom is 0.221 e. The maximum absolute atomic E-state index is 5.84. The first-order valence-corrected chi connectivity index (χ1v) is 6.03. The summed E-state index contributed by atoms with van der Waals surface area (Å²) < 4.78 is 5.84. The molecule has 0 bridgehead atoms. The zero-order chi connectivity index (χ0) is 13.1. The van der Waals surface area contributed by atoms with E-state index in [9.17, 15) is 0 Å². The van der Waals surface area contributed by atoms with Gasteiger partial charge in [0.05, 0.1) is 5.52 Å². The summed E-state index contributed by atoms with van der Waals surface area (Å²) in [6.45, 7) is 0. The van der Waals surface area contributed by atoms with E-state index in [0.29, 0.717) is 5.88 Å². The Morgan fingerprint density at radius 2 is 1.89 bits per heavy atom. The Morgan fingerprint density at radius 1 is 1.00 bits per heavy atom. The van der Waals surface area contributed by atoms with Crippen LogP contribution < -0.4 is 10.1 Å². The highest BCUT2D eigenvalue weighted by molar-refractivity contribution is 5.85. The van der Waals surface area contributed by atoms with Crippen molar-refractivity contribution in [2.75, 3.05) is 12.4 Å². The zero-order valence-corrected chi connectivity index (χ0v) is 10.5. The molecule has 2 heterocycles. The lowest BCUT2D eigenvalue weighted by Crippen LogP contribution is -1.94. The lowest BCUT2D eigenvalue weighted by atomic mass is 10.2. The number of anilines is 1. The molecule has 0 aliphatic rings. The number of aromatic nitrogens is 2. The number of rotatable bonds is 3. The molecule has 0 saturated heterocycles. The Hall–Kier alpha value is -2.62. The number of nitrogens with zero attached hydrogens (tertiary/aromatic N) is 2. The molecule has 3 aromatic rings. The molecule has 0 unspecified atom stereocenters. The Bertz CT molecular complexity index is 707. The van der Waals surface area contributed by atoms with Crippen molar-refractivity contribution in [3.8, 4) is 11.6 Å². The first kappa shape index (κ1) is 11.5. The predicted molar refractivity (Wildman–Crippen MR) is 75.6 cm³/mol. The van der Waals surface area contributed by atoms with Crippen LogP contribution in [0.3, 0.4) is 0 Å². The second kappa shape index (κ2) is 4.94. The topological polar surface area (TPSA) is 47.0 Å². The van der Waals surface area contributed by atoms with Crippen molar-refractivity contribution in [1.82, 2.24) is 9.97 Å². The predicted octanol–water partition coefficient (Wildman–Crippen LogP) is 3.46. The van der Waals surface area contributed by atoms with E-state index in [2.05, 4.69) is 15.3 Å². The summed E-state index contributed by atoms with van der Waals surface area (Å²) in [5.74, 6) is 2.09. The van der Waals surface area contributed by atoms with Gasteiger partial charge in [-0.25, -0.2) is 0 Å². The molecule has 2 aromatic heterocycles. The summed E-state index contributed by atoms with van der Waals surface area (Å²) in [7, 11) is 1.83. The summed E-state index contributed by atoms with van der Waals surface area (Å²) in [5, 5.41) is 3.96. The summed E-state index contributed by atoms with van der Waals surface area (Å²) in [6.07, 6.45) is 1.77. The van der Waals surface area contributed by atoms with Crippen molar-refractivity contribution in [3.05, 3.63) is 54.7 Å². The molecule has 4 nitrogen and oxygen atoms in total. The van der Waals surface area contributed by atoms with Gasteiger partial charge >= 0.3 is 0 Å². The van der Waals surface area contributed by atoms with Gasteiger partial charge in [-0.3, -0.25) is 4.98 Å². The van der Waals surface area contributed by atoms with Crippen LogP contribution in [-0.2, 0) is 0 Å². The van der Waals surface area contributed by atoms with Gasteiger partial charge in [-0.05, 0) is 30.3 Å². The molecule has 0 saturated carbocycles. The second-order valence-electron chi connectivity index (χ2n) is 4.04. The van der Waals surface area contributed by atoms with E-state index in [1.54, 1.807) is 6.20 Å². The molecule has 94 valence electrons. The van der Waals surface area contributed by atoms with E-state index in [1.807, 2.05) is 55.6 Å². The van der Waals surface area contributed by atoms with E-state index in [4.69, 9.17) is 4.74 Å². The number of hydrogen-bond donors (Lipinski definition) is 1. The van der Waals surface area contributed by atoms with Gasteiger partial charge < -0.3 is 10.1 Å². The van der Waals surface area contributed by atoms with Gasteiger partial charge in [0.15, 0.2) is 0 Å². The highest BCUT2D eigenvalue weighted by Gasteiger charge is 2.04. The van der Waals surface area contributed by atoms with Gasteiger partial charge in [0.1, 0.15) is 11.6 Å². The van der Waals surface area contributed by atoms with Gasteiger partial charge in [-0.2, -0.15) is 4.98 Å². The standard InChI is InChI=1S/C15H13N3O/c1-16-14-8-3-9-15(18-14)19-13-7-2-6-12-11(13)5-4-10-17-12/h2-10H,1H3,(H,16,18). The van der Waals surface area contributed by atoms with E-state index < -0.39 is 0 Å².